The van der Waals surface area contributed by atoms with E-state index in [0.29, 0.717) is 11.1 Å². The number of aromatic carboxylic acids is 1. The summed E-state index contributed by atoms with van der Waals surface area (Å²) in [7, 11) is -3.79. The van der Waals surface area contributed by atoms with E-state index in [4.69, 9.17) is 9.84 Å². The third-order valence-electron chi connectivity index (χ3n) is 3.32. The average molecular weight is 378 g/mol. The fourth-order valence-electron chi connectivity index (χ4n) is 2.17. The van der Waals surface area contributed by atoms with Gasteiger partial charge in [-0.25, -0.2) is 13.2 Å². The van der Waals surface area contributed by atoms with E-state index >= 15 is 0 Å². The Hall–Kier alpha value is -0.960. The maximum absolute atomic E-state index is 12.8. The molecule has 116 valence electrons. The highest BCUT2D eigenvalue weighted by molar-refractivity contribution is 9.10. The fourth-order valence-corrected chi connectivity index (χ4v) is 4.81. The SMILES string of the molecule is CC1CN(S(=O)(=O)c2cc(C(=O)O)ccc2Br)C(C)CO1. The zero-order chi connectivity index (χ0) is 15.8. The lowest BCUT2D eigenvalue weighted by molar-refractivity contribution is -0.0170. The summed E-state index contributed by atoms with van der Waals surface area (Å²) in [5.74, 6) is -1.16. The monoisotopic (exact) mass is 377 g/mol. The smallest absolute Gasteiger partial charge is 0.335 e. The molecule has 1 saturated heterocycles. The summed E-state index contributed by atoms with van der Waals surface area (Å²) in [6.45, 7) is 4.12. The van der Waals surface area contributed by atoms with Crippen molar-refractivity contribution in [3.05, 3.63) is 28.2 Å². The second kappa shape index (κ2) is 6.04. The van der Waals surface area contributed by atoms with Crippen molar-refractivity contribution in [2.75, 3.05) is 13.2 Å². The van der Waals surface area contributed by atoms with E-state index in [1.807, 2.05) is 0 Å². The van der Waals surface area contributed by atoms with Gasteiger partial charge in [0.25, 0.3) is 0 Å². The van der Waals surface area contributed by atoms with Crippen molar-refractivity contribution in [3.8, 4) is 0 Å². The number of halogens is 1. The van der Waals surface area contributed by atoms with E-state index in [9.17, 15) is 13.2 Å². The molecule has 0 spiro atoms. The first-order valence-electron chi connectivity index (χ1n) is 6.39. The molecule has 21 heavy (non-hydrogen) atoms. The van der Waals surface area contributed by atoms with Crippen LogP contribution in [0.3, 0.4) is 0 Å². The highest BCUT2D eigenvalue weighted by atomic mass is 79.9. The van der Waals surface area contributed by atoms with Gasteiger partial charge in [-0.3, -0.25) is 0 Å². The summed E-state index contributed by atoms with van der Waals surface area (Å²) < 4.78 is 32.7. The minimum atomic E-state index is -3.79. The van der Waals surface area contributed by atoms with Crippen LogP contribution in [0.2, 0.25) is 0 Å². The van der Waals surface area contributed by atoms with Crippen molar-refractivity contribution < 1.29 is 23.1 Å². The van der Waals surface area contributed by atoms with Crippen molar-refractivity contribution in [2.45, 2.75) is 30.9 Å². The number of nitrogens with zero attached hydrogens (tertiary/aromatic N) is 1. The number of rotatable bonds is 3. The summed E-state index contributed by atoms with van der Waals surface area (Å²) >= 11 is 3.19. The van der Waals surface area contributed by atoms with Gasteiger partial charge in [-0.15, -0.1) is 0 Å². The first kappa shape index (κ1) is 16.4. The average Bonchev–Trinajstić information content (AvgIpc) is 2.41. The Morgan fingerprint density at radius 3 is 2.71 bits per heavy atom. The molecule has 1 aliphatic heterocycles. The molecule has 0 radical (unpaired) electrons. The number of morpholine rings is 1. The number of hydrogen-bond acceptors (Lipinski definition) is 4. The number of carboxylic acid groups (broad SMARTS) is 1. The quantitative estimate of drug-likeness (QED) is 0.869. The molecule has 2 atom stereocenters. The molecule has 8 heteroatoms. The van der Waals surface area contributed by atoms with Gasteiger partial charge in [0.2, 0.25) is 10.0 Å². The third-order valence-corrected chi connectivity index (χ3v) is 6.29. The second-order valence-corrected chi connectivity index (χ2v) is 7.73. The van der Waals surface area contributed by atoms with Gasteiger partial charge in [-0.05, 0) is 48.0 Å². The molecule has 0 aliphatic carbocycles. The van der Waals surface area contributed by atoms with Crippen LogP contribution in [-0.4, -0.2) is 49.1 Å². The minimum absolute atomic E-state index is 0.0386. The largest absolute Gasteiger partial charge is 0.478 e. The van der Waals surface area contributed by atoms with Crippen LogP contribution in [0.25, 0.3) is 0 Å². The number of hydrogen-bond donors (Lipinski definition) is 1. The van der Waals surface area contributed by atoms with Gasteiger partial charge >= 0.3 is 5.97 Å². The van der Waals surface area contributed by atoms with Crippen molar-refractivity contribution in [3.63, 3.8) is 0 Å². The van der Waals surface area contributed by atoms with Gasteiger partial charge < -0.3 is 9.84 Å². The van der Waals surface area contributed by atoms with E-state index in [0.717, 1.165) is 0 Å². The van der Waals surface area contributed by atoms with E-state index in [-0.39, 0.29) is 29.1 Å². The van der Waals surface area contributed by atoms with Crippen LogP contribution in [0.1, 0.15) is 24.2 Å². The zero-order valence-corrected chi connectivity index (χ0v) is 14.0. The van der Waals surface area contributed by atoms with E-state index in [1.54, 1.807) is 13.8 Å². The lowest BCUT2D eigenvalue weighted by atomic mass is 10.2. The Balaban J connectivity index is 2.48. The molecule has 1 fully saturated rings. The second-order valence-electron chi connectivity index (χ2n) is 5.02. The van der Waals surface area contributed by atoms with Crippen LogP contribution in [0.15, 0.2) is 27.6 Å². The number of carbonyl (C=O) groups is 1. The third kappa shape index (κ3) is 3.28. The van der Waals surface area contributed by atoms with Crippen LogP contribution in [0.5, 0.6) is 0 Å². The molecule has 2 unspecified atom stereocenters. The van der Waals surface area contributed by atoms with Crippen LogP contribution >= 0.6 is 15.9 Å². The maximum atomic E-state index is 12.8. The van der Waals surface area contributed by atoms with Gasteiger partial charge in [-0.2, -0.15) is 4.31 Å². The van der Waals surface area contributed by atoms with Gasteiger partial charge in [0.05, 0.1) is 23.2 Å². The van der Waals surface area contributed by atoms with Crippen molar-refractivity contribution in [1.82, 2.24) is 4.31 Å². The number of sulfonamides is 1. The predicted octanol–water partition coefficient (Wildman–Crippen LogP) is 1.95. The summed E-state index contributed by atoms with van der Waals surface area (Å²) in [4.78, 5) is 11.0. The van der Waals surface area contributed by atoms with Crippen LogP contribution in [0, 0.1) is 0 Å². The molecule has 0 bridgehead atoms. The van der Waals surface area contributed by atoms with Crippen molar-refractivity contribution in [2.24, 2.45) is 0 Å². The molecular formula is C13H16BrNO5S. The van der Waals surface area contributed by atoms with E-state index in [2.05, 4.69) is 15.9 Å². The summed E-state index contributed by atoms with van der Waals surface area (Å²) in [5.41, 5.74) is -0.0641. The molecule has 1 heterocycles. The Morgan fingerprint density at radius 1 is 1.43 bits per heavy atom. The standard InChI is InChI=1S/C13H16BrNO5S/c1-8-7-20-9(2)6-15(8)21(18,19)12-5-10(13(16)17)3-4-11(12)14/h3-5,8-9H,6-7H2,1-2H3,(H,16,17). The van der Waals surface area contributed by atoms with Gasteiger partial charge in [0, 0.05) is 17.1 Å². The van der Waals surface area contributed by atoms with Crippen molar-refractivity contribution >= 4 is 31.9 Å². The first-order valence-corrected chi connectivity index (χ1v) is 8.63. The first-order chi connectivity index (χ1) is 9.73. The number of ether oxygens (including phenoxy) is 1. The minimum Gasteiger partial charge on any atom is -0.478 e. The normalized spacial score (nSPS) is 24.0. The zero-order valence-electron chi connectivity index (χ0n) is 11.6. The predicted molar refractivity (Wildman–Crippen MR) is 79.9 cm³/mol. The lowest BCUT2D eigenvalue weighted by Gasteiger charge is -2.35. The topological polar surface area (TPSA) is 83.9 Å². The summed E-state index contributed by atoms with van der Waals surface area (Å²) in [6.07, 6.45) is -0.197. The Morgan fingerprint density at radius 2 is 2.10 bits per heavy atom. The Kier molecular flexibility index (Phi) is 4.72. The Labute approximate surface area is 131 Å². The number of benzene rings is 1. The molecule has 1 aromatic carbocycles. The number of carboxylic acids is 1. The maximum Gasteiger partial charge on any atom is 0.335 e. The highest BCUT2D eigenvalue weighted by Gasteiger charge is 2.35. The van der Waals surface area contributed by atoms with E-state index in [1.165, 1.54) is 22.5 Å². The molecular weight excluding hydrogens is 362 g/mol. The summed E-state index contributed by atoms with van der Waals surface area (Å²) in [6, 6.07) is 3.67. The molecule has 2 rings (SSSR count). The molecule has 6 nitrogen and oxygen atoms in total. The highest BCUT2D eigenvalue weighted by Crippen LogP contribution is 2.29. The van der Waals surface area contributed by atoms with Gasteiger partial charge in [0.1, 0.15) is 0 Å². The Bertz CT molecular complexity index is 661. The fraction of sp³-hybridized carbons (Fsp3) is 0.462. The molecule has 0 amide bonds. The molecule has 0 aromatic heterocycles. The van der Waals surface area contributed by atoms with Crippen LogP contribution in [0.4, 0.5) is 0 Å². The molecule has 1 N–H and O–H groups in total. The molecule has 0 saturated carbocycles. The summed E-state index contributed by atoms with van der Waals surface area (Å²) in [5, 5.41) is 9.03. The van der Waals surface area contributed by atoms with Gasteiger partial charge in [0.15, 0.2) is 0 Å². The molecule has 1 aliphatic rings. The molecule has 1 aromatic rings. The van der Waals surface area contributed by atoms with Crippen LogP contribution < -0.4 is 0 Å². The van der Waals surface area contributed by atoms with E-state index < -0.39 is 16.0 Å². The van der Waals surface area contributed by atoms with Gasteiger partial charge in [-0.1, -0.05) is 0 Å². The van der Waals surface area contributed by atoms with Crippen LogP contribution in [-0.2, 0) is 14.8 Å². The van der Waals surface area contributed by atoms with Crippen molar-refractivity contribution in [1.29, 1.82) is 0 Å². The lowest BCUT2D eigenvalue weighted by Crippen LogP contribution is -2.50.